The summed E-state index contributed by atoms with van der Waals surface area (Å²) in [6.45, 7) is 21.3. The van der Waals surface area contributed by atoms with Crippen LogP contribution in [-0.4, -0.2) is 91.0 Å². The lowest BCUT2D eigenvalue weighted by Crippen LogP contribution is -2.62. The van der Waals surface area contributed by atoms with Crippen molar-refractivity contribution in [1.82, 2.24) is 30.5 Å². The topological polar surface area (TPSA) is 174 Å². The van der Waals surface area contributed by atoms with E-state index in [-0.39, 0.29) is 48.2 Å². The molecule has 0 aromatic heterocycles. The molecule has 1 unspecified atom stereocenters. The molecule has 6 atom stereocenters. The fraction of sp³-hybridized carbons (Fsp3) is 0.649. The highest BCUT2D eigenvalue weighted by Gasteiger charge is 2.70. The van der Waals surface area contributed by atoms with Crippen LogP contribution < -0.4 is 21.3 Å². The van der Waals surface area contributed by atoms with Gasteiger partial charge in [-0.3, -0.25) is 19.2 Å². The lowest BCUT2D eigenvalue weighted by Gasteiger charge is -2.39. The molecular formula is C37H56N6O7S. The molecule has 3 aliphatic rings. The summed E-state index contributed by atoms with van der Waals surface area (Å²) >= 11 is 0. The third kappa shape index (κ3) is 8.32. The number of likely N-dealkylation sites (tertiary alicyclic amines) is 1. The summed E-state index contributed by atoms with van der Waals surface area (Å²) in [5, 5.41) is 11.1. The quantitative estimate of drug-likeness (QED) is 0.179. The van der Waals surface area contributed by atoms with E-state index in [1.165, 1.54) is 15.3 Å². The number of Topliss-reactive ketones (excluding diaryl/α,β-unsaturated/α-hetero) is 1. The fourth-order valence-corrected chi connectivity index (χ4v) is 9.03. The number of sulfonamides is 1. The third-order valence-corrected chi connectivity index (χ3v) is 12.6. The van der Waals surface area contributed by atoms with E-state index in [4.69, 9.17) is 0 Å². The molecule has 1 saturated heterocycles. The highest BCUT2D eigenvalue weighted by Crippen LogP contribution is 2.65. The lowest BCUT2D eigenvalue weighted by molar-refractivity contribution is -0.145. The van der Waals surface area contributed by atoms with Gasteiger partial charge < -0.3 is 26.2 Å². The average molecular weight is 729 g/mol. The molecule has 4 rings (SSSR count). The Morgan fingerprint density at radius 2 is 1.65 bits per heavy atom. The fourth-order valence-electron chi connectivity index (χ4n) is 7.39. The van der Waals surface area contributed by atoms with Gasteiger partial charge in [0, 0.05) is 32.2 Å². The lowest BCUT2D eigenvalue weighted by atomic mass is 9.85. The number of hydrogen-bond acceptors (Lipinski definition) is 7. The first kappa shape index (κ1) is 40.0. The Kier molecular flexibility index (Phi) is 11.5. The zero-order valence-corrected chi connectivity index (χ0v) is 32.3. The van der Waals surface area contributed by atoms with Gasteiger partial charge in [0.05, 0.1) is 10.9 Å². The first-order valence-corrected chi connectivity index (χ1v) is 19.2. The number of fused-ring (bicyclic) bond motifs is 2. The van der Waals surface area contributed by atoms with Gasteiger partial charge in [-0.25, -0.2) is 13.2 Å². The maximum absolute atomic E-state index is 14.4. The molecule has 1 aromatic rings. The van der Waals surface area contributed by atoms with Crippen molar-refractivity contribution in [2.75, 3.05) is 19.6 Å². The number of piperidine rings is 1. The van der Waals surface area contributed by atoms with Gasteiger partial charge >= 0.3 is 6.03 Å². The second-order valence-electron chi connectivity index (χ2n) is 16.8. The van der Waals surface area contributed by atoms with Gasteiger partial charge in [0.1, 0.15) is 12.1 Å². The predicted molar refractivity (Wildman–Crippen MR) is 194 cm³/mol. The van der Waals surface area contributed by atoms with E-state index in [0.717, 1.165) is 0 Å². The standard InChI is InChI=1S/C37H56N6O7S/c1-11-15-24(29(44)32(46)38-18-12-2)39-31(45)28-27-23(37(27,9)10)20-43(28)33(47)30(36(6,7)8)41-34(48)40-26(35(3,4)5)21-42-19-22-16-13-14-17-25(22)51(42,49)50/h12-14,16-17,23-24,26-28,30H,2,11,15,18-21H2,1,3-10H3,(H,38,46)(H,39,45)(H2,40,41,48)/t23-,24?,26+,27-,28-,30+/m0/s1. The van der Waals surface area contributed by atoms with E-state index in [0.29, 0.717) is 18.5 Å². The minimum Gasteiger partial charge on any atom is -0.346 e. The predicted octanol–water partition coefficient (Wildman–Crippen LogP) is 2.96. The number of benzene rings is 1. The van der Waals surface area contributed by atoms with E-state index < -0.39 is 74.6 Å². The first-order valence-electron chi connectivity index (χ1n) is 17.8. The Hall–Kier alpha value is -3.78. The molecule has 4 N–H and O–H groups in total. The number of urea groups is 1. The first-order chi connectivity index (χ1) is 23.6. The maximum Gasteiger partial charge on any atom is 0.315 e. The smallest absolute Gasteiger partial charge is 0.315 e. The molecule has 2 heterocycles. The minimum absolute atomic E-state index is 0.0259. The summed E-state index contributed by atoms with van der Waals surface area (Å²) < 4.78 is 28.0. The number of ketones is 1. The Labute approximate surface area is 302 Å². The summed E-state index contributed by atoms with van der Waals surface area (Å²) in [6.07, 6.45) is 2.24. The van der Waals surface area contributed by atoms with E-state index >= 15 is 0 Å². The van der Waals surface area contributed by atoms with Crippen LogP contribution in [0.25, 0.3) is 0 Å². The van der Waals surface area contributed by atoms with Crippen LogP contribution in [0.1, 0.15) is 80.7 Å². The number of nitrogens with zero attached hydrogens (tertiary/aromatic N) is 2. The van der Waals surface area contributed by atoms with Gasteiger partial charge in [-0.1, -0.05) is 93.0 Å². The van der Waals surface area contributed by atoms with Gasteiger partial charge in [-0.15, -0.1) is 6.58 Å². The molecule has 282 valence electrons. The van der Waals surface area contributed by atoms with E-state index in [2.05, 4.69) is 27.8 Å². The summed E-state index contributed by atoms with van der Waals surface area (Å²) in [4.78, 5) is 69.4. The molecule has 51 heavy (non-hydrogen) atoms. The Morgan fingerprint density at radius 1 is 1.00 bits per heavy atom. The number of carbonyl (C=O) groups excluding carboxylic acids is 5. The Bertz CT molecular complexity index is 1660. The van der Waals surface area contributed by atoms with E-state index in [1.807, 2.05) is 62.3 Å². The zero-order valence-electron chi connectivity index (χ0n) is 31.5. The SMILES string of the molecule is C=CCNC(=O)C(=O)C(CCC)NC(=O)[C@@H]1[C@@H]2[C@H](CN1C(=O)[C@@H](NC(=O)N[C@H](CN1Cc3ccccc3S1(=O)=O)C(C)(C)C)C(C)(C)C)C2(C)C. The van der Waals surface area contributed by atoms with Crippen molar-refractivity contribution in [3.63, 3.8) is 0 Å². The van der Waals surface area contributed by atoms with Gasteiger partial charge in [0.25, 0.3) is 5.91 Å². The molecule has 0 spiro atoms. The van der Waals surface area contributed by atoms with Gasteiger partial charge in [0.15, 0.2) is 0 Å². The minimum atomic E-state index is -3.74. The molecule has 2 aliphatic heterocycles. The van der Waals surface area contributed by atoms with Gasteiger partial charge in [-0.2, -0.15) is 4.31 Å². The van der Waals surface area contributed by atoms with Crippen LogP contribution in [0.15, 0.2) is 41.8 Å². The van der Waals surface area contributed by atoms with Crippen LogP contribution in [0.4, 0.5) is 4.79 Å². The molecule has 0 bridgehead atoms. The molecule has 0 radical (unpaired) electrons. The van der Waals surface area contributed by atoms with Crippen LogP contribution in [0.2, 0.25) is 0 Å². The molecule has 5 amide bonds. The Balaban J connectivity index is 1.53. The summed E-state index contributed by atoms with van der Waals surface area (Å²) in [5.74, 6) is -2.66. The number of amides is 5. The second-order valence-corrected chi connectivity index (χ2v) is 18.7. The second kappa shape index (κ2) is 14.7. The van der Waals surface area contributed by atoms with Crippen molar-refractivity contribution in [3.05, 3.63) is 42.5 Å². The van der Waals surface area contributed by atoms with Gasteiger partial charge in [-0.05, 0) is 46.1 Å². The number of rotatable bonds is 13. The van der Waals surface area contributed by atoms with Crippen molar-refractivity contribution in [1.29, 1.82) is 0 Å². The molecule has 1 saturated carbocycles. The Morgan fingerprint density at radius 3 is 2.22 bits per heavy atom. The number of carbonyl (C=O) groups is 5. The number of nitrogens with one attached hydrogen (secondary N) is 4. The molecule has 1 aliphatic carbocycles. The molecule has 2 fully saturated rings. The van der Waals surface area contributed by atoms with Crippen molar-refractivity contribution in [3.8, 4) is 0 Å². The maximum atomic E-state index is 14.4. The normalized spacial score (nSPS) is 23.5. The van der Waals surface area contributed by atoms with Crippen LogP contribution in [-0.2, 0) is 35.7 Å². The van der Waals surface area contributed by atoms with Crippen molar-refractivity contribution >= 4 is 39.6 Å². The highest BCUT2D eigenvalue weighted by atomic mass is 32.2. The van der Waals surface area contributed by atoms with Gasteiger partial charge in [0.2, 0.25) is 27.6 Å². The van der Waals surface area contributed by atoms with Crippen LogP contribution >= 0.6 is 0 Å². The highest BCUT2D eigenvalue weighted by molar-refractivity contribution is 7.89. The van der Waals surface area contributed by atoms with E-state index in [9.17, 15) is 32.4 Å². The molecular weight excluding hydrogens is 673 g/mol. The summed E-state index contributed by atoms with van der Waals surface area (Å²) in [7, 11) is -3.74. The summed E-state index contributed by atoms with van der Waals surface area (Å²) in [5.41, 5.74) is -0.858. The van der Waals surface area contributed by atoms with Crippen LogP contribution in [0, 0.1) is 28.1 Å². The number of hydrogen-bond donors (Lipinski definition) is 4. The molecule has 13 nitrogen and oxygen atoms in total. The van der Waals surface area contributed by atoms with Crippen LogP contribution in [0.3, 0.4) is 0 Å². The summed E-state index contributed by atoms with van der Waals surface area (Å²) in [6, 6.07) is 2.56. The van der Waals surface area contributed by atoms with Crippen molar-refractivity contribution in [2.45, 2.75) is 111 Å². The molecule has 1 aromatic carbocycles. The van der Waals surface area contributed by atoms with Crippen LogP contribution in [0.5, 0.6) is 0 Å². The van der Waals surface area contributed by atoms with E-state index in [1.54, 1.807) is 24.3 Å². The monoisotopic (exact) mass is 728 g/mol. The third-order valence-electron chi connectivity index (χ3n) is 10.7. The molecule has 14 heteroatoms. The average Bonchev–Trinajstić information content (AvgIpc) is 3.30. The van der Waals surface area contributed by atoms with Crippen molar-refractivity contribution in [2.24, 2.45) is 28.1 Å². The zero-order chi connectivity index (χ0) is 38.3. The van der Waals surface area contributed by atoms with Crippen molar-refractivity contribution < 1.29 is 32.4 Å². The largest absolute Gasteiger partial charge is 0.346 e.